The first kappa shape index (κ1) is 19.7. The third-order valence-corrected chi connectivity index (χ3v) is 3.91. The van der Waals surface area contributed by atoms with Gasteiger partial charge in [0.1, 0.15) is 5.75 Å². The summed E-state index contributed by atoms with van der Waals surface area (Å²) in [6.45, 7) is 1.60. The fraction of sp³-hybridized carbons (Fsp3) is 0.150. The van der Waals surface area contributed by atoms with Gasteiger partial charge in [-0.25, -0.2) is 4.79 Å². The van der Waals surface area contributed by atoms with Crippen LogP contribution in [0, 0.1) is 10.1 Å². The molecule has 0 spiro atoms. The van der Waals surface area contributed by atoms with Crippen molar-refractivity contribution in [2.75, 3.05) is 7.11 Å². The highest BCUT2D eigenvalue weighted by Gasteiger charge is 2.18. The second kappa shape index (κ2) is 8.79. The second-order valence-corrected chi connectivity index (χ2v) is 5.94. The molecule has 9 nitrogen and oxygen atoms in total. The second-order valence-electron chi connectivity index (χ2n) is 5.94. The summed E-state index contributed by atoms with van der Waals surface area (Å²) in [6.07, 6.45) is 2.13. The van der Waals surface area contributed by atoms with Crippen LogP contribution in [0.2, 0.25) is 0 Å². The van der Waals surface area contributed by atoms with E-state index in [2.05, 4.69) is 10.2 Å². The summed E-state index contributed by atoms with van der Waals surface area (Å²) in [6, 6.07) is 12.9. The zero-order valence-corrected chi connectivity index (χ0v) is 15.6. The molecule has 0 aliphatic carbocycles. The molecule has 29 heavy (non-hydrogen) atoms. The summed E-state index contributed by atoms with van der Waals surface area (Å²) in [7, 11) is 1.56. The van der Waals surface area contributed by atoms with Gasteiger partial charge >= 0.3 is 5.97 Å². The number of rotatable bonds is 7. The predicted octanol–water partition coefficient (Wildman–Crippen LogP) is 3.97. The van der Waals surface area contributed by atoms with Gasteiger partial charge in [0.15, 0.2) is 6.10 Å². The number of aromatic nitrogens is 2. The molecule has 148 valence electrons. The fourth-order valence-corrected chi connectivity index (χ4v) is 2.41. The summed E-state index contributed by atoms with van der Waals surface area (Å²) in [5.74, 6) is 0.389. The van der Waals surface area contributed by atoms with Crippen LogP contribution < -0.4 is 4.74 Å². The molecule has 1 unspecified atom stereocenters. The molecule has 0 bridgehead atoms. The quantitative estimate of drug-likeness (QED) is 0.255. The lowest BCUT2D eigenvalue weighted by atomic mass is 10.2. The van der Waals surface area contributed by atoms with Crippen LogP contribution in [0.1, 0.15) is 24.5 Å². The largest absolute Gasteiger partial charge is 0.497 e. The minimum Gasteiger partial charge on any atom is -0.497 e. The Balaban J connectivity index is 1.63. The topological polar surface area (TPSA) is 118 Å². The normalized spacial score (nSPS) is 11.9. The van der Waals surface area contributed by atoms with E-state index in [1.165, 1.54) is 30.3 Å². The van der Waals surface area contributed by atoms with Crippen molar-refractivity contribution < 1.29 is 23.6 Å². The highest BCUT2D eigenvalue weighted by atomic mass is 16.6. The van der Waals surface area contributed by atoms with Gasteiger partial charge in [0.05, 0.1) is 12.0 Å². The maximum absolute atomic E-state index is 12.0. The molecule has 0 radical (unpaired) electrons. The van der Waals surface area contributed by atoms with Crippen LogP contribution in [0.4, 0.5) is 5.69 Å². The minimum absolute atomic E-state index is 0.0430. The molecule has 3 rings (SSSR count). The van der Waals surface area contributed by atoms with Gasteiger partial charge < -0.3 is 13.9 Å². The fourth-order valence-electron chi connectivity index (χ4n) is 2.41. The van der Waals surface area contributed by atoms with Crippen molar-refractivity contribution in [1.29, 1.82) is 0 Å². The summed E-state index contributed by atoms with van der Waals surface area (Å²) in [5.41, 5.74) is 1.26. The molecule has 0 aliphatic rings. The highest BCUT2D eigenvalue weighted by molar-refractivity contribution is 5.87. The van der Waals surface area contributed by atoms with Crippen LogP contribution in [0.5, 0.6) is 5.75 Å². The van der Waals surface area contributed by atoms with Gasteiger partial charge in [0.2, 0.25) is 5.89 Å². The van der Waals surface area contributed by atoms with Crippen LogP contribution >= 0.6 is 0 Å². The first-order valence-electron chi connectivity index (χ1n) is 8.57. The van der Waals surface area contributed by atoms with Gasteiger partial charge in [-0.05, 0) is 42.8 Å². The summed E-state index contributed by atoms with van der Waals surface area (Å²) in [5, 5.41) is 18.5. The number of nitrogens with zero attached hydrogens (tertiary/aromatic N) is 3. The number of carbonyl (C=O) groups is 1. The molecule has 0 amide bonds. The molecule has 2 aromatic carbocycles. The monoisotopic (exact) mass is 395 g/mol. The van der Waals surface area contributed by atoms with Gasteiger partial charge in [0, 0.05) is 23.8 Å². The number of nitro groups is 1. The lowest BCUT2D eigenvalue weighted by molar-refractivity contribution is -0.384. The van der Waals surface area contributed by atoms with Gasteiger partial charge in [-0.1, -0.05) is 12.1 Å². The van der Waals surface area contributed by atoms with E-state index >= 15 is 0 Å². The average Bonchev–Trinajstić information content (AvgIpc) is 3.23. The van der Waals surface area contributed by atoms with E-state index < -0.39 is 17.0 Å². The Morgan fingerprint density at radius 2 is 1.97 bits per heavy atom. The number of benzene rings is 2. The molecular formula is C20H17N3O6. The van der Waals surface area contributed by atoms with Gasteiger partial charge in [-0.15, -0.1) is 10.2 Å². The number of non-ortho nitro benzene ring substituents is 1. The molecule has 1 heterocycles. The van der Waals surface area contributed by atoms with E-state index in [4.69, 9.17) is 13.9 Å². The maximum Gasteiger partial charge on any atom is 0.331 e. The molecule has 0 saturated heterocycles. The van der Waals surface area contributed by atoms with Gasteiger partial charge in [-0.3, -0.25) is 10.1 Å². The van der Waals surface area contributed by atoms with Crippen molar-refractivity contribution in [2.45, 2.75) is 13.0 Å². The van der Waals surface area contributed by atoms with Crippen LogP contribution in [-0.2, 0) is 9.53 Å². The number of hydrogen-bond acceptors (Lipinski definition) is 8. The van der Waals surface area contributed by atoms with Crippen molar-refractivity contribution >= 4 is 17.7 Å². The van der Waals surface area contributed by atoms with Crippen molar-refractivity contribution in [3.8, 4) is 17.2 Å². The zero-order valence-electron chi connectivity index (χ0n) is 15.6. The van der Waals surface area contributed by atoms with E-state index in [0.717, 1.165) is 5.56 Å². The molecule has 0 N–H and O–H groups in total. The first-order chi connectivity index (χ1) is 14.0. The van der Waals surface area contributed by atoms with E-state index in [1.54, 1.807) is 32.2 Å². The molecule has 1 atom stereocenters. The summed E-state index contributed by atoms with van der Waals surface area (Å²) < 4.78 is 15.9. The molecule has 0 aliphatic heterocycles. The number of methoxy groups -OCH3 is 1. The van der Waals surface area contributed by atoms with Crippen molar-refractivity contribution in [3.05, 3.63) is 76.2 Å². The molecule has 3 aromatic rings. The van der Waals surface area contributed by atoms with E-state index in [1.807, 2.05) is 12.1 Å². The van der Waals surface area contributed by atoms with Crippen LogP contribution in [-0.4, -0.2) is 28.2 Å². The number of nitro benzene ring substituents is 1. The van der Waals surface area contributed by atoms with Gasteiger partial charge in [0.25, 0.3) is 11.6 Å². The number of ether oxygens (including phenoxy) is 2. The van der Waals surface area contributed by atoms with Crippen LogP contribution in [0.3, 0.4) is 0 Å². The Morgan fingerprint density at radius 1 is 1.21 bits per heavy atom. The number of esters is 1. The van der Waals surface area contributed by atoms with Crippen LogP contribution in [0.25, 0.3) is 17.5 Å². The molecule has 0 fully saturated rings. The van der Waals surface area contributed by atoms with Crippen LogP contribution in [0.15, 0.2) is 59.0 Å². The lowest BCUT2D eigenvalue weighted by Crippen LogP contribution is -2.06. The smallest absolute Gasteiger partial charge is 0.331 e. The van der Waals surface area contributed by atoms with Crippen molar-refractivity contribution in [3.63, 3.8) is 0 Å². The summed E-state index contributed by atoms with van der Waals surface area (Å²) >= 11 is 0. The third-order valence-electron chi connectivity index (χ3n) is 3.91. The lowest BCUT2D eigenvalue weighted by Gasteiger charge is -2.06. The molecule has 1 aromatic heterocycles. The highest BCUT2D eigenvalue weighted by Crippen LogP contribution is 2.24. The summed E-state index contributed by atoms with van der Waals surface area (Å²) in [4.78, 5) is 22.3. The van der Waals surface area contributed by atoms with E-state index in [9.17, 15) is 14.9 Å². The Labute approximate surface area is 165 Å². The predicted molar refractivity (Wildman–Crippen MR) is 103 cm³/mol. The van der Waals surface area contributed by atoms with Gasteiger partial charge in [-0.2, -0.15) is 0 Å². The Bertz CT molecular complexity index is 1040. The molecular weight excluding hydrogens is 378 g/mol. The SMILES string of the molecule is COc1cccc(/C=C/C(=O)OC(C)c2nnc(-c3ccc([N+](=O)[O-])cc3)o2)c1. The molecule has 0 saturated carbocycles. The molecule has 9 heteroatoms. The third kappa shape index (κ3) is 5.04. The van der Waals surface area contributed by atoms with Crippen molar-refractivity contribution in [2.24, 2.45) is 0 Å². The Hall–Kier alpha value is -4.01. The van der Waals surface area contributed by atoms with Crippen molar-refractivity contribution in [1.82, 2.24) is 10.2 Å². The van der Waals surface area contributed by atoms with E-state index in [-0.39, 0.29) is 17.5 Å². The Kier molecular flexibility index (Phi) is 5.98. The first-order valence-corrected chi connectivity index (χ1v) is 8.57. The van der Waals surface area contributed by atoms with E-state index in [0.29, 0.717) is 11.3 Å². The minimum atomic E-state index is -0.767. The Morgan fingerprint density at radius 3 is 2.66 bits per heavy atom. The zero-order chi connectivity index (χ0) is 20.8. The standard InChI is InChI=1S/C20H17N3O6/c1-13(28-18(24)11-6-14-4-3-5-17(12-14)27-2)19-21-22-20(29-19)15-7-9-16(10-8-15)23(25)26/h3-13H,1-2H3/b11-6+. The number of hydrogen-bond donors (Lipinski definition) is 0. The average molecular weight is 395 g/mol. The maximum atomic E-state index is 12.0. The number of carbonyl (C=O) groups excluding carboxylic acids is 1.